The van der Waals surface area contributed by atoms with Gasteiger partial charge in [-0.25, -0.2) is 13.1 Å². The van der Waals surface area contributed by atoms with Crippen LogP contribution in [0.15, 0.2) is 71.8 Å². The molecule has 0 spiro atoms. The maximum Gasteiger partial charge on any atom is 0.276 e. The van der Waals surface area contributed by atoms with E-state index in [4.69, 9.17) is 39.5 Å². The Balaban J connectivity index is 1.36. The minimum Gasteiger partial charge on any atom is -0.470 e. The van der Waals surface area contributed by atoms with Gasteiger partial charge in [0, 0.05) is 11.9 Å². The number of anilines is 2. The van der Waals surface area contributed by atoms with Crippen LogP contribution in [-0.2, 0) is 16.8 Å². The van der Waals surface area contributed by atoms with Crippen molar-refractivity contribution in [2.45, 2.75) is 11.6 Å². The molecule has 4 rings (SSSR count). The number of nitrogens with zero attached hydrogens (tertiary/aromatic N) is 4. The summed E-state index contributed by atoms with van der Waals surface area (Å²) >= 11 is 17.7. The monoisotopic (exact) mass is 552 g/mol. The number of carbonyl (C=O) groups is 1. The summed E-state index contributed by atoms with van der Waals surface area (Å²) in [6, 6.07) is 14.9. The maximum absolute atomic E-state index is 12.5. The Kier molecular flexibility index (Phi) is 7.41. The fraction of sp³-hybridized carbons (Fsp3) is 0.0476. The van der Waals surface area contributed by atoms with Gasteiger partial charge >= 0.3 is 0 Å². The third-order valence-corrected chi connectivity index (χ3v) is 6.81. The van der Waals surface area contributed by atoms with Crippen LogP contribution in [0.25, 0.3) is 0 Å². The molecule has 2 heterocycles. The highest BCUT2D eigenvalue weighted by atomic mass is 35.5. The summed E-state index contributed by atoms with van der Waals surface area (Å²) in [5, 5.41) is 14.8. The first-order valence-corrected chi connectivity index (χ1v) is 12.4. The third-order valence-electron chi connectivity index (χ3n) is 4.44. The first-order chi connectivity index (χ1) is 16.7. The molecule has 180 valence electrons. The summed E-state index contributed by atoms with van der Waals surface area (Å²) in [5.74, 6) is -0.0907. The van der Waals surface area contributed by atoms with Crippen molar-refractivity contribution in [3.8, 4) is 5.75 Å². The number of amides is 1. The number of aromatic nitrogens is 4. The zero-order valence-corrected chi connectivity index (χ0v) is 20.6. The molecule has 0 saturated heterocycles. The number of nitrogens with one attached hydrogen (secondary N) is 2. The smallest absolute Gasteiger partial charge is 0.276 e. The standard InChI is InChI=1S/C21H15Cl3N6O4S/c22-15-2-1-3-17(20(15)24)34-12-30-11-10-16(28-30)21(31)25-13-4-6-14(7-5-13)35(32,33)29-19-9-8-18(23)26-27-19/h1-11H,12H2,(H,25,31)(H,27,29). The van der Waals surface area contributed by atoms with E-state index in [2.05, 4.69) is 25.3 Å². The van der Waals surface area contributed by atoms with Crippen LogP contribution in [0, 0.1) is 0 Å². The molecule has 0 fully saturated rings. The molecule has 0 aliphatic heterocycles. The molecule has 0 bridgehead atoms. The molecule has 35 heavy (non-hydrogen) atoms. The van der Waals surface area contributed by atoms with Crippen molar-refractivity contribution >= 4 is 62.2 Å². The number of hydrogen-bond donors (Lipinski definition) is 2. The predicted octanol–water partition coefficient (Wildman–Crippen LogP) is 4.72. The summed E-state index contributed by atoms with van der Waals surface area (Å²) in [7, 11) is -3.91. The topological polar surface area (TPSA) is 128 Å². The van der Waals surface area contributed by atoms with Gasteiger partial charge in [0.1, 0.15) is 10.8 Å². The Morgan fingerprint density at radius 2 is 1.74 bits per heavy atom. The summed E-state index contributed by atoms with van der Waals surface area (Å²) in [5.41, 5.74) is 0.502. The largest absolute Gasteiger partial charge is 0.470 e. The minimum atomic E-state index is -3.91. The van der Waals surface area contributed by atoms with Gasteiger partial charge in [0.25, 0.3) is 15.9 Å². The normalized spacial score (nSPS) is 11.2. The molecule has 0 atom stereocenters. The van der Waals surface area contributed by atoms with Crippen molar-refractivity contribution in [3.05, 3.63) is 87.8 Å². The third kappa shape index (κ3) is 6.20. The highest BCUT2D eigenvalue weighted by Gasteiger charge is 2.16. The van der Waals surface area contributed by atoms with Crippen LogP contribution < -0.4 is 14.8 Å². The second-order valence-electron chi connectivity index (χ2n) is 6.89. The van der Waals surface area contributed by atoms with E-state index in [1.54, 1.807) is 24.4 Å². The molecule has 0 aliphatic rings. The zero-order chi connectivity index (χ0) is 25.0. The Hall–Kier alpha value is -3.38. The summed E-state index contributed by atoms with van der Waals surface area (Å²) in [4.78, 5) is 12.5. The van der Waals surface area contributed by atoms with Crippen molar-refractivity contribution in [2.24, 2.45) is 0 Å². The zero-order valence-electron chi connectivity index (χ0n) is 17.5. The molecule has 1 amide bonds. The Morgan fingerprint density at radius 1 is 0.971 bits per heavy atom. The van der Waals surface area contributed by atoms with Crippen LogP contribution in [0.2, 0.25) is 15.2 Å². The maximum atomic E-state index is 12.5. The van der Waals surface area contributed by atoms with E-state index >= 15 is 0 Å². The van der Waals surface area contributed by atoms with Crippen LogP contribution in [0.3, 0.4) is 0 Å². The lowest BCUT2D eigenvalue weighted by Gasteiger charge is -2.09. The van der Waals surface area contributed by atoms with Gasteiger partial charge in [0.15, 0.2) is 23.4 Å². The average molecular weight is 554 g/mol. The molecule has 14 heteroatoms. The van der Waals surface area contributed by atoms with Crippen LogP contribution in [0.1, 0.15) is 10.5 Å². The molecule has 0 unspecified atom stereocenters. The van der Waals surface area contributed by atoms with Crippen molar-refractivity contribution < 1.29 is 17.9 Å². The molecule has 0 aliphatic carbocycles. The number of halogens is 3. The van der Waals surface area contributed by atoms with E-state index in [1.165, 1.54) is 47.1 Å². The van der Waals surface area contributed by atoms with Crippen molar-refractivity contribution in [1.29, 1.82) is 0 Å². The molecule has 2 aromatic heterocycles. The molecule has 4 aromatic rings. The Labute approximate surface area is 214 Å². The Morgan fingerprint density at radius 3 is 2.46 bits per heavy atom. The van der Waals surface area contributed by atoms with E-state index in [9.17, 15) is 13.2 Å². The van der Waals surface area contributed by atoms with E-state index in [0.717, 1.165) is 0 Å². The quantitative estimate of drug-likeness (QED) is 0.323. The van der Waals surface area contributed by atoms with E-state index in [-0.39, 0.29) is 33.3 Å². The lowest BCUT2D eigenvalue weighted by molar-refractivity contribution is 0.102. The molecule has 0 saturated carbocycles. The SMILES string of the molecule is O=C(Nc1ccc(S(=O)(=O)Nc2ccc(Cl)nn2)cc1)c1ccn(COc2cccc(Cl)c2Cl)n1. The van der Waals surface area contributed by atoms with E-state index in [1.807, 2.05) is 0 Å². The van der Waals surface area contributed by atoms with Crippen LogP contribution >= 0.6 is 34.8 Å². The van der Waals surface area contributed by atoms with Crippen molar-refractivity contribution in [3.63, 3.8) is 0 Å². The van der Waals surface area contributed by atoms with Gasteiger partial charge < -0.3 is 10.1 Å². The molecule has 2 aromatic carbocycles. The van der Waals surface area contributed by atoms with Gasteiger partial charge in [-0.15, -0.1) is 10.2 Å². The molecule has 0 radical (unpaired) electrons. The highest BCUT2D eigenvalue weighted by Crippen LogP contribution is 2.31. The fourth-order valence-electron chi connectivity index (χ4n) is 2.77. The lowest BCUT2D eigenvalue weighted by atomic mass is 10.3. The first-order valence-electron chi connectivity index (χ1n) is 9.75. The van der Waals surface area contributed by atoms with Gasteiger partial charge in [-0.2, -0.15) is 5.10 Å². The number of carbonyl (C=O) groups excluding carboxylic acids is 1. The number of hydrogen-bond acceptors (Lipinski definition) is 7. The Bertz CT molecular complexity index is 1460. The number of sulfonamides is 1. The predicted molar refractivity (Wildman–Crippen MR) is 132 cm³/mol. The number of ether oxygens (including phenoxy) is 1. The van der Waals surface area contributed by atoms with Crippen molar-refractivity contribution in [1.82, 2.24) is 20.0 Å². The second-order valence-corrected chi connectivity index (χ2v) is 9.75. The summed E-state index contributed by atoms with van der Waals surface area (Å²) in [6.45, 7) is 0.00486. The minimum absolute atomic E-state index is 0.00486. The van der Waals surface area contributed by atoms with Gasteiger partial charge in [0.05, 0.1) is 9.92 Å². The van der Waals surface area contributed by atoms with Gasteiger partial charge in [-0.3, -0.25) is 9.52 Å². The second kappa shape index (κ2) is 10.5. The first kappa shape index (κ1) is 24.7. The van der Waals surface area contributed by atoms with Crippen molar-refractivity contribution in [2.75, 3.05) is 10.0 Å². The molecular weight excluding hydrogens is 539 g/mol. The fourth-order valence-corrected chi connectivity index (χ4v) is 4.21. The molecular formula is C21H15Cl3N6O4S. The highest BCUT2D eigenvalue weighted by molar-refractivity contribution is 7.92. The molecule has 10 nitrogen and oxygen atoms in total. The molecule has 2 N–H and O–H groups in total. The van der Waals surface area contributed by atoms with Gasteiger partial charge in [-0.05, 0) is 54.6 Å². The average Bonchev–Trinajstić information content (AvgIpc) is 3.31. The van der Waals surface area contributed by atoms with E-state index < -0.39 is 15.9 Å². The van der Waals surface area contributed by atoms with Crippen LogP contribution in [0.5, 0.6) is 5.75 Å². The number of rotatable bonds is 8. The van der Waals surface area contributed by atoms with Crippen LogP contribution in [0.4, 0.5) is 11.5 Å². The summed E-state index contributed by atoms with van der Waals surface area (Å²) < 4.78 is 34.3. The van der Waals surface area contributed by atoms with Crippen LogP contribution in [-0.4, -0.2) is 34.3 Å². The van der Waals surface area contributed by atoms with E-state index in [0.29, 0.717) is 16.5 Å². The van der Waals surface area contributed by atoms with Gasteiger partial charge in [-0.1, -0.05) is 40.9 Å². The van der Waals surface area contributed by atoms with Gasteiger partial charge in [0.2, 0.25) is 0 Å². The lowest BCUT2D eigenvalue weighted by Crippen LogP contribution is -2.16. The summed E-state index contributed by atoms with van der Waals surface area (Å²) in [6.07, 6.45) is 1.56. The number of benzene rings is 2.